The monoisotopic (exact) mass is 376 g/mol. The van der Waals surface area contributed by atoms with E-state index in [1.807, 2.05) is 0 Å². The maximum absolute atomic E-state index is 12.5. The van der Waals surface area contributed by atoms with E-state index in [0.717, 1.165) is 4.47 Å². The number of rotatable bonds is 3. The molecule has 0 unspecified atom stereocenters. The number of hydrogen-bond donors (Lipinski definition) is 1. The van der Waals surface area contributed by atoms with Crippen LogP contribution in [0.2, 0.25) is 0 Å². The lowest BCUT2D eigenvalue weighted by Gasteiger charge is -2.10. The molecule has 1 aromatic heterocycles. The second-order valence-electron chi connectivity index (χ2n) is 4.82. The van der Waals surface area contributed by atoms with Crippen LogP contribution in [0.5, 0.6) is 17.2 Å². The molecule has 0 atom stereocenters. The molecule has 3 rings (SSSR count). The molecule has 118 valence electrons. The van der Waals surface area contributed by atoms with Gasteiger partial charge in [-0.3, -0.25) is 4.79 Å². The predicted molar refractivity (Wildman–Crippen MR) is 90.4 cm³/mol. The van der Waals surface area contributed by atoms with Crippen molar-refractivity contribution in [3.8, 4) is 28.6 Å². The summed E-state index contributed by atoms with van der Waals surface area (Å²) < 4.78 is 17.0. The summed E-state index contributed by atoms with van der Waals surface area (Å²) in [6.07, 6.45) is 0. The Morgan fingerprint density at radius 2 is 1.78 bits per heavy atom. The molecule has 23 heavy (non-hydrogen) atoms. The van der Waals surface area contributed by atoms with Crippen molar-refractivity contribution in [2.45, 2.75) is 0 Å². The number of ether oxygens (including phenoxy) is 2. The first-order valence-corrected chi connectivity index (χ1v) is 7.52. The molecule has 0 saturated carbocycles. The van der Waals surface area contributed by atoms with Crippen LogP contribution in [-0.2, 0) is 0 Å². The zero-order valence-corrected chi connectivity index (χ0v) is 14.0. The van der Waals surface area contributed by atoms with Gasteiger partial charge in [0.05, 0.1) is 14.2 Å². The molecule has 0 spiro atoms. The average Bonchev–Trinajstić information content (AvgIpc) is 2.57. The normalized spacial score (nSPS) is 10.7. The Bertz CT molecular complexity index is 928. The van der Waals surface area contributed by atoms with Gasteiger partial charge in [-0.2, -0.15) is 0 Å². The first-order chi connectivity index (χ1) is 11.0. The van der Waals surface area contributed by atoms with Crippen LogP contribution in [-0.4, -0.2) is 19.3 Å². The molecule has 0 bridgehead atoms. The van der Waals surface area contributed by atoms with Gasteiger partial charge in [-0.25, -0.2) is 0 Å². The first-order valence-electron chi connectivity index (χ1n) is 6.73. The van der Waals surface area contributed by atoms with Gasteiger partial charge in [0.15, 0.2) is 5.76 Å². The summed E-state index contributed by atoms with van der Waals surface area (Å²) in [5.41, 5.74) is 0.317. The molecule has 0 fully saturated rings. The third-order valence-corrected chi connectivity index (χ3v) is 4.00. The highest BCUT2D eigenvalue weighted by Crippen LogP contribution is 2.35. The average molecular weight is 377 g/mol. The molecule has 5 nitrogen and oxygen atoms in total. The van der Waals surface area contributed by atoms with Crippen LogP contribution >= 0.6 is 15.9 Å². The van der Waals surface area contributed by atoms with Crippen molar-refractivity contribution < 1.29 is 19.0 Å². The zero-order valence-electron chi connectivity index (χ0n) is 12.4. The molecule has 0 aliphatic carbocycles. The first kappa shape index (κ1) is 15.4. The number of fused-ring (bicyclic) bond motifs is 1. The van der Waals surface area contributed by atoms with Crippen LogP contribution in [0.15, 0.2) is 50.1 Å². The summed E-state index contributed by atoms with van der Waals surface area (Å²) in [4.78, 5) is 12.5. The van der Waals surface area contributed by atoms with Crippen LogP contribution in [0.25, 0.3) is 22.3 Å². The van der Waals surface area contributed by atoms with Crippen LogP contribution in [0.1, 0.15) is 0 Å². The van der Waals surface area contributed by atoms with Gasteiger partial charge in [0.25, 0.3) is 0 Å². The summed E-state index contributed by atoms with van der Waals surface area (Å²) in [6.45, 7) is 0. The van der Waals surface area contributed by atoms with Gasteiger partial charge in [-0.05, 0) is 24.3 Å². The van der Waals surface area contributed by atoms with Gasteiger partial charge in [-0.15, -0.1) is 0 Å². The zero-order chi connectivity index (χ0) is 16.6. The van der Waals surface area contributed by atoms with Crippen molar-refractivity contribution in [1.29, 1.82) is 0 Å². The smallest absolute Gasteiger partial charge is 0.238 e. The second-order valence-corrected chi connectivity index (χ2v) is 5.73. The number of benzene rings is 2. The standard InChI is InChI=1S/C17H13BrO5/c1-21-11-7-12(22-2)14-13(8-11)23-17(16(20)15(14)19)9-3-5-10(18)6-4-9/h3-8,20H,1-2H3. The topological polar surface area (TPSA) is 68.9 Å². The Morgan fingerprint density at radius 1 is 1.09 bits per heavy atom. The molecule has 6 heteroatoms. The van der Waals surface area contributed by atoms with Crippen LogP contribution in [0.4, 0.5) is 0 Å². The van der Waals surface area contributed by atoms with E-state index in [2.05, 4.69) is 15.9 Å². The van der Waals surface area contributed by atoms with Crippen molar-refractivity contribution >= 4 is 26.9 Å². The minimum Gasteiger partial charge on any atom is -0.502 e. The van der Waals surface area contributed by atoms with Crippen molar-refractivity contribution in [2.24, 2.45) is 0 Å². The van der Waals surface area contributed by atoms with Crippen molar-refractivity contribution in [2.75, 3.05) is 14.2 Å². The number of hydrogen-bond acceptors (Lipinski definition) is 5. The van der Waals surface area contributed by atoms with Gasteiger partial charge in [0.2, 0.25) is 11.2 Å². The summed E-state index contributed by atoms with van der Waals surface area (Å²) in [6, 6.07) is 10.2. The Hall–Kier alpha value is -2.47. The quantitative estimate of drug-likeness (QED) is 0.749. The van der Waals surface area contributed by atoms with E-state index in [1.54, 1.807) is 36.4 Å². The van der Waals surface area contributed by atoms with Gasteiger partial charge < -0.3 is 19.0 Å². The van der Waals surface area contributed by atoms with Crippen LogP contribution in [0.3, 0.4) is 0 Å². The molecule has 0 aliphatic heterocycles. The molecule has 3 aromatic rings. The SMILES string of the molecule is COc1cc(OC)c2c(=O)c(O)c(-c3ccc(Br)cc3)oc2c1. The minimum atomic E-state index is -0.552. The molecule has 0 amide bonds. The largest absolute Gasteiger partial charge is 0.502 e. The maximum atomic E-state index is 12.5. The Morgan fingerprint density at radius 3 is 2.39 bits per heavy atom. The van der Waals surface area contributed by atoms with E-state index in [-0.39, 0.29) is 22.5 Å². The summed E-state index contributed by atoms with van der Waals surface area (Å²) in [5.74, 6) is 0.421. The second kappa shape index (κ2) is 5.96. The van der Waals surface area contributed by atoms with Crippen molar-refractivity contribution in [3.63, 3.8) is 0 Å². The van der Waals surface area contributed by atoms with Crippen LogP contribution in [0, 0.1) is 0 Å². The molecule has 0 aliphatic rings. The van der Waals surface area contributed by atoms with Gasteiger partial charge in [0.1, 0.15) is 22.5 Å². The lowest BCUT2D eigenvalue weighted by Crippen LogP contribution is -2.05. The van der Waals surface area contributed by atoms with Crippen LogP contribution < -0.4 is 14.9 Å². The van der Waals surface area contributed by atoms with Gasteiger partial charge in [-0.1, -0.05) is 15.9 Å². The summed E-state index contributed by atoms with van der Waals surface area (Å²) >= 11 is 3.34. The fourth-order valence-electron chi connectivity index (χ4n) is 2.33. The maximum Gasteiger partial charge on any atom is 0.238 e. The van der Waals surface area contributed by atoms with Gasteiger partial charge in [0, 0.05) is 22.2 Å². The van der Waals surface area contributed by atoms with E-state index >= 15 is 0 Å². The predicted octanol–water partition coefficient (Wildman–Crippen LogP) is 3.95. The minimum absolute atomic E-state index is 0.102. The number of methoxy groups -OCH3 is 2. The fraction of sp³-hybridized carbons (Fsp3) is 0.118. The Kier molecular flexibility index (Phi) is 4.00. The highest BCUT2D eigenvalue weighted by molar-refractivity contribution is 9.10. The highest BCUT2D eigenvalue weighted by atomic mass is 79.9. The third kappa shape index (κ3) is 2.66. The fourth-order valence-corrected chi connectivity index (χ4v) is 2.59. The molecular weight excluding hydrogens is 364 g/mol. The summed E-state index contributed by atoms with van der Waals surface area (Å²) in [7, 11) is 2.95. The van der Waals surface area contributed by atoms with Gasteiger partial charge >= 0.3 is 0 Å². The lowest BCUT2D eigenvalue weighted by atomic mass is 10.1. The van der Waals surface area contributed by atoms with E-state index in [0.29, 0.717) is 11.3 Å². The highest BCUT2D eigenvalue weighted by Gasteiger charge is 2.19. The van der Waals surface area contributed by atoms with E-state index in [4.69, 9.17) is 13.9 Å². The van der Waals surface area contributed by atoms with E-state index in [9.17, 15) is 9.90 Å². The Labute approximate surface area is 140 Å². The third-order valence-electron chi connectivity index (χ3n) is 3.47. The molecular formula is C17H13BrO5. The van der Waals surface area contributed by atoms with Crippen molar-refractivity contribution in [1.82, 2.24) is 0 Å². The molecule has 1 heterocycles. The Balaban J connectivity index is 2.35. The lowest BCUT2D eigenvalue weighted by molar-refractivity contribution is 0.394. The molecule has 2 aromatic carbocycles. The molecule has 1 N–H and O–H groups in total. The number of aromatic hydroxyl groups is 1. The van der Waals surface area contributed by atoms with E-state index < -0.39 is 11.2 Å². The molecule has 0 radical (unpaired) electrons. The number of halogens is 1. The molecule has 0 saturated heterocycles. The van der Waals surface area contributed by atoms with Crippen molar-refractivity contribution in [3.05, 3.63) is 51.1 Å². The van der Waals surface area contributed by atoms with E-state index in [1.165, 1.54) is 14.2 Å². The summed E-state index contributed by atoms with van der Waals surface area (Å²) in [5, 5.41) is 10.4.